The molecule has 2 N–H and O–H groups in total. The third-order valence-electron chi connectivity index (χ3n) is 5.77. The molecule has 2 aromatic carbocycles. The van der Waals surface area contributed by atoms with Gasteiger partial charge in [0.2, 0.25) is 11.6 Å². The van der Waals surface area contributed by atoms with E-state index in [0.29, 0.717) is 33.7 Å². The first-order valence-corrected chi connectivity index (χ1v) is 9.95. The normalized spacial score (nSPS) is 14.7. The Balaban J connectivity index is 2.13. The van der Waals surface area contributed by atoms with Gasteiger partial charge in [-0.15, -0.1) is 0 Å². The van der Waals surface area contributed by atoms with Crippen molar-refractivity contribution in [2.45, 2.75) is 5.92 Å². The van der Waals surface area contributed by atoms with Crippen molar-refractivity contribution in [3.8, 4) is 29.1 Å². The Hall–Kier alpha value is -4.72. The largest absolute Gasteiger partial charge is 0.493 e. The molecule has 11 nitrogen and oxygen atoms in total. The number of aromatic nitrogens is 1. The molecule has 1 unspecified atom stereocenters. The second-order valence-electron chi connectivity index (χ2n) is 7.45. The van der Waals surface area contributed by atoms with Crippen LogP contribution in [0.2, 0.25) is 0 Å². The van der Waals surface area contributed by atoms with Crippen LogP contribution in [-0.4, -0.2) is 30.8 Å². The number of aryl methyl sites for hydroxylation is 1. The summed E-state index contributed by atoms with van der Waals surface area (Å²) >= 11 is 0. The van der Waals surface area contributed by atoms with Gasteiger partial charge < -0.3 is 29.2 Å². The number of benzene rings is 2. The number of nitro benzene ring substituents is 1. The molecule has 0 saturated carbocycles. The highest BCUT2D eigenvalue weighted by Gasteiger charge is 2.36. The zero-order valence-electron chi connectivity index (χ0n) is 18.7. The van der Waals surface area contributed by atoms with Gasteiger partial charge in [-0.1, -0.05) is 0 Å². The summed E-state index contributed by atoms with van der Waals surface area (Å²) in [6.07, 6.45) is 0. The Morgan fingerprint density at radius 2 is 1.79 bits per heavy atom. The SMILES string of the molecule is COc1cc(C2C(C#N)=C(N)Oc3c2c(=O)n(C)c2ccc([N+](=O)[O-])cc32)cc(OC)c1OC. The van der Waals surface area contributed by atoms with Crippen molar-refractivity contribution >= 4 is 16.6 Å². The fourth-order valence-electron chi connectivity index (χ4n) is 4.18. The van der Waals surface area contributed by atoms with Gasteiger partial charge in [0, 0.05) is 24.6 Å². The highest BCUT2D eigenvalue weighted by molar-refractivity contribution is 5.90. The number of nitro groups is 1. The van der Waals surface area contributed by atoms with Crippen LogP contribution in [0.25, 0.3) is 10.9 Å². The number of allylic oxidation sites excluding steroid dienone is 1. The number of nitriles is 1. The molecule has 3 aromatic rings. The summed E-state index contributed by atoms with van der Waals surface area (Å²) in [5.74, 6) is -0.154. The van der Waals surface area contributed by atoms with Crippen molar-refractivity contribution in [1.82, 2.24) is 4.57 Å². The number of hydrogen-bond donors (Lipinski definition) is 1. The summed E-state index contributed by atoms with van der Waals surface area (Å²) in [6, 6.07) is 9.33. The minimum atomic E-state index is -0.954. The maximum absolute atomic E-state index is 13.5. The van der Waals surface area contributed by atoms with Crippen molar-refractivity contribution in [3.05, 3.63) is 73.4 Å². The van der Waals surface area contributed by atoms with E-state index in [9.17, 15) is 20.2 Å². The lowest BCUT2D eigenvalue weighted by molar-refractivity contribution is -0.384. The Labute approximate surface area is 193 Å². The number of hydrogen-bond acceptors (Lipinski definition) is 9. The van der Waals surface area contributed by atoms with Gasteiger partial charge in [0.05, 0.1) is 43.3 Å². The van der Waals surface area contributed by atoms with E-state index in [4.69, 9.17) is 24.7 Å². The second kappa shape index (κ2) is 8.32. The van der Waals surface area contributed by atoms with Crippen LogP contribution >= 0.6 is 0 Å². The molecule has 4 rings (SSSR count). The van der Waals surface area contributed by atoms with E-state index in [-0.39, 0.29) is 28.5 Å². The molecule has 0 radical (unpaired) electrons. The number of pyridine rings is 1. The van der Waals surface area contributed by atoms with Crippen molar-refractivity contribution < 1.29 is 23.9 Å². The van der Waals surface area contributed by atoms with E-state index in [0.717, 1.165) is 0 Å². The predicted molar refractivity (Wildman–Crippen MR) is 121 cm³/mol. The Morgan fingerprint density at radius 3 is 2.32 bits per heavy atom. The molecule has 1 aromatic heterocycles. The third-order valence-corrected chi connectivity index (χ3v) is 5.77. The number of nitrogens with zero attached hydrogens (tertiary/aromatic N) is 3. The summed E-state index contributed by atoms with van der Waals surface area (Å²) in [5, 5.41) is 21.6. The first kappa shape index (κ1) is 22.5. The van der Waals surface area contributed by atoms with Crippen molar-refractivity contribution in [1.29, 1.82) is 5.26 Å². The van der Waals surface area contributed by atoms with Gasteiger partial charge >= 0.3 is 0 Å². The van der Waals surface area contributed by atoms with Crippen LogP contribution in [0.3, 0.4) is 0 Å². The highest BCUT2D eigenvalue weighted by atomic mass is 16.6. The minimum Gasteiger partial charge on any atom is -0.493 e. The smallest absolute Gasteiger partial charge is 0.270 e. The fraction of sp³-hybridized carbons (Fsp3) is 0.217. The maximum atomic E-state index is 13.5. The molecular weight excluding hydrogens is 444 g/mol. The third kappa shape index (κ3) is 3.24. The molecule has 11 heteroatoms. The first-order valence-electron chi connectivity index (χ1n) is 9.95. The maximum Gasteiger partial charge on any atom is 0.270 e. The van der Waals surface area contributed by atoms with Crippen LogP contribution in [0, 0.1) is 21.4 Å². The molecule has 174 valence electrons. The molecule has 1 aliphatic rings. The number of non-ortho nitro benzene ring substituents is 1. The quantitative estimate of drug-likeness (QED) is 0.444. The second-order valence-corrected chi connectivity index (χ2v) is 7.45. The Morgan fingerprint density at radius 1 is 1.15 bits per heavy atom. The van der Waals surface area contributed by atoms with Gasteiger partial charge in [-0.2, -0.15) is 5.26 Å². The van der Waals surface area contributed by atoms with Crippen molar-refractivity contribution in [3.63, 3.8) is 0 Å². The standard InChI is InChI=1S/C23H20N4O7/c1-26-15-6-5-12(27(29)30)9-13(15)20-19(23(26)28)18(14(10-24)22(25)34-20)11-7-16(31-2)21(33-4)17(8-11)32-3/h5-9,18H,25H2,1-4H3. The molecule has 0 aliphatic carbocycles. The van der Waals surface area contributed by atoms with Crippen LogP contribution in [0.1, 0.15) is 17.0 Å². The van der Waals surface area contributed by atoms with Gasteiger partial charge in [0.1, 0.15) is 17.4 Å². The Bertz CT molecular complexity index is 1460. The van der Waals surface area contributed by atoms with Crippen LogP contribution < -0.4 is 30.2 Å². The van der Waals surface area contributed by atoms with Crippen molar-refractivity contribution in [2.24, 2.45) is 12.8 Å². The van der Waals surface area contributed by atoms with Crippen molar-refractivity contribution in [2.75, 3.05) is 21.3 Å². The number of rotatable bonds is 5. The van der Waals surface area contributed by atoms with E-state index >= 15 is 0 Å². The van der Waals surface area contributed by atoms with E-state index in [1.54, 1.807) is 12.1 Å². The molecule has 0 bridgehead atoms. The van der Waals surface area contributed by atoms with Crippen LogP contribution in [0.4, 0.5) is 5.69 Å². The van der Waals surface area contributed by atoms with Gasteiger partial charge in [0.15, 0.2) is 11.5 Å². The number of methoxy groups -OCH3 is 3. The zero-order chi connectivity index (χ0) is 24.7. The molecule has 0 saturated heterocycles. The van der Waals surface area contributed by atoms with Gasteiger partial charge in [0.25, 0.3) is 11.2 Å². The van der Waals surface area contributed by atoms with Gasteiger partial charge in [-0.25, -0.2) is 0 Å². The minimum absolute atomic E-state index is 0.00338. The lowest BCUT2D eigenvalue weighted by Gasteiger charge is -2.28. The molecule has 1 aliphatic heterocycles. The lowest BCUT2D eigenvalue weighted by Crippen LogP contribution is -2.31. The van der Waals surface area contributed by atoms with E-state index < -0.39 is 16.4 Å². The molecular formula is C23H20N4O7. The Kier molecular flexibility index (Phi) is 5.50. The van der Waals surface area contributed by atoms with Gasteiger partial charge in [-0.05, 0) is 23.8 Å². The number of nitrogens with two attached hydrogens (primary N) is 1. The summed E-state index contributed by atoms with van der Waals surface area (Å²) in [4.78, 5) is 24.4. The molecule has 0 amide bonds. The zero-order valence-corrected chi connectivity index (χ0v) is 18.7. The van der Waals surface area contributed by atoms with Crippen LogP contribution in [0.15, 0.2) is 46.6 Å². The van der Waals surface area contributed by atoms with E-state index in [2.05, 4.69) is 0 Å². The topological polar surface area (TPSA) is 152 Å². The number of fused-ring (bicyclic) bond motifs is 3. The lowest BCUT2D eigenvalue weighted by atomic mass is 9.83. The molecule has 0 spiro atoms. The summed E-state index contributed by atoms with van der Waals surface area (Å²) in [7, 11) is 5.88. The van der Waals surface area contributed by atoms with Crippen LogP contribution in [-0.2, 0) is 7.05 Å². The molecule has 1 atom stereocenters. The monoisotopic (exact) mass is 464 g/mol. The summed E-state index contributed by atoms with van der Waals surface area (Å²) in [6.45, 7) is 0. The van der Waals surface area contributed by atoms with Crippen LogP contribution in [0.5, 0.6) is 23.0 Å². The summed E-state index contributed by atoms with van der Waals surface area (Å²) in [5.41, 5.74) is 6.45. The predicted octanol–water partition coefficient (Wildman–Crippen LogP) is 2.69. The highest BCUT2D eigenvalue weighted by Crippen LogP contribution is 2.47. The molecule has 0 fully saturated rings. The molecule has 34 heavy (non-hydrogen) atoms. The average Bonchev–Trinajstić information content (AvgIpc) is 2.85. The van der Waals surface area contributed by atoms with E-state index in [1.807, 2.05) is 6.07 Å². The fourth-order valence-corrected chi connectivity index (χ4v) is 4.18. The van der Waals surface area contributed by atoms with E-state index in [1.165, 1.54) is 51.1 Å². The average molecular weight is 464 g/mol. The summed E-state index contributed by atoms with van der Waals surface area (Å²) < 4.78 is 23.3. The molecule has 2 heterocycles. The first-order chi connectivity index (χ1) is 16.3. The van der Waals surface area contributed by atoms with Gasteiger partial charge in [-0.3, -0.25) is 14.9 Å². The number of ether oxygens (including phenoxy) is 4.